The van der Waals surface area contributed by atoms with Gasteiger partial charge in [0.05, 0.1) is 26.2 Å². The highest BCUT2D eigenvalue weighted by Gasteiger charge is 2.12. The summed E-state index contributed by atoms with van der Waals surface area (Å²) in [5.41, 5.74) is 3.53. The van der Waals surface area contributed by atoms with Crippen molar-refractivity contribution in [1.29, 1.82) is 0 Å². The van der Waals surface area contributed by atoms with Crippen LogP contribution in [0, 0.1) is 6.92 Å². The highest BCUT2D eigenvalue weighted by molar-refractivity contribution is 5.76. The summed E-state index contributed by atoms with van der Waals surface area (Å²) < 4.78 is 11.0. The molecule has 2 aromatic carbocycles. The van der Waals surface area contributed by atoms with Crippen molar-refractivity contribution in [2.24, 2.45) is 0 Å². The first-order valence-corrected chi connectivity index (χ1v) is 9.47. The van der Waals surface area contributed by atoms with Gasteiger partial charge in [0.15, 0.2) is 0 Å². The van der Waals surface area contributed by atoms with E-state index in [0.717, 1.165) is 37.6 Å². The number of carbonyl (C=O) groups excluding carboxylic acids is 1. The second-order valence-electron chi connectivity index (χ2n) is 6.93. The van der Waals surface area contributed by atoms with E-state index in [1.807, 2.05) is 38.2 Å². The van der Waals surface area contributed by atoms with E-state index in [0.29, 0.717) is 19.6 Å². The number of benzene rings is 2. The van der Waals surface area contributed by atoms with Crippen molar-refractivity contribution in [3.8, 4) is 5.75 Å². The van der Waals surface area contributed by atoms with Crippen molar-refractivity contribution >= 4 is 11.6 Å². The van der Waals surface area contributed by atoms with Gasteiger partial charge in [0.2, 0.25) is 5.91 Å². The van der Waals surface area contributed by atoms with Crippen LogP contribution in [0.2, 0.25) is 0 Å². The molecular formula is C22H28N2O3. The van der Waals surface area contributed by atoms with Crippen molar-refractivity contribution in [2.75, 3.05) is 44.9 Å². The fourth-order valence-electron chi connectivity index (χ4n) is 3.08. The topological polar surface area (TPSA) is 42.0 Å². The number of carbonyl (C=O) groups is 1. The van der Waals surface area contributed by atoms with E-state index >= 15 is 0 Å². The van der Waals surface area contributed by atoms with E-state index in [9.17, 15) is 4.79 Å². The number of amides is 1. The van der Waals surface area contributed by atoms with Gasteiger partial charge >= 0.3 is 0 Å². The highest BCUT2D eigenvalue weighted by atomic mass is 16.5. The molecule has 0 aliphatic carbocycles. The molecule has 1 aliphatic heterocycles. The molecule has 5 nitrogen and oxygen atoms in total. The molecule has 3 rings (SSSR count). The fraction of sp³-hybridized carbons (Fsp3) is 0.409. The largest absolute Gasteiger partial charge is 0.493 e. The molecule has 144 valence electrons. The molecule has 1 fully saturated rings. The molecule has 1 amide bonds. The Labute approximate surface area is 161 Å². The van der Waals surface area contributed by atoms with Crippen molar-refractivity contribution in [3.63, 3.8) is 0 Å². The van der Waals surface area contributed by atoms with Crippen LogP contribution in [0.5, 0.6) is 5.75 Å². The zero-order valence-corrected chi connectivity index (χ0v) is 16.2. The second kappa shape index (κ2) is 9.42. The van der Waals surface area contributed by atoms with Crippen molar-refractivity contribution in [1.82, 2.24) is 4.90 Å². The Morgan fingerprint density at radius 1 is 1.07 bits per heavy atom. The second-order valence-corrected chi connectivity index (χ2v) is 6.93. The Morgan fingerprint density at radius 3 is 2.41 bits per heavy atom. The van der Waals surface area contributed by atoms with Crippen LogP contribution in [0.3, 0.4) is 0 Å². The lowest BCUT2D eigenvalue weighted by atomic mass is 10.1. The summed E-state index contributed by atoms with van der Waals surface area (Å²) >= 11 is 0. The molecule has 0 atom stereocenters. The van der Waals surface area contributed by atoms with E-state index in [-0.39, 0.29) is 5.91 Å². The minimum atomic E-state index is 0.0827. The minimum absolute atomic E-state index is 0.0827. The van der Waals surface area contributed by atoms with E-state index in [1.54, 1.807) is 4.90 Å². The van der Waals surface area contributed by atoms with Gasteiger partial charge in [0.25, 0.3) is 0 Å². The Bertz CT molecular complexity index is 722. The van der Waals surface area contributed by atoms with E-state index in [2.05, 4.69) is 29.2 Å². The van der Waals surface area contributed by atoms with Gasteiger partial charge in [-0.15, -0.1) is 0 Å². The van der Waals surface area contributed by atoms with Gasteiger partial charge in [0.1, 0.15) is 5.75 Å². The maximum absolute atomic E-state index is 12.3. The third kappa shape index (κ3) is 5.73. The summed E-state index contributed by atoms with van der Waals surface area (Å²) in [5, 5.41) is 0. The molecule has 2 aromatic rings. The molecular weight excluding hydrogens is 340 g/mol. The molecule has 0 bridgehead atoms. The molecule has 0 radical (unpaired) electrons. The van der Waals surface area contributed by atoms with Crippen LogP contribution in [0.1, 0.15) is 17.5 Å². The average molecular weight is 368 g/mol. The Morgan fingerprint density at radius 2 is 1.74 bits per heavy atom. The van der Waals surface area contributed by atoms with Crippen LogP contribution in [0.15, 0.2) is 48.5 Å². The Balaban J connectivity index is 1.43. The van der Waals surface area contributed by atoms with Gasteiger partial charge in [-0.05, 0) is 36.8 Å². The van der Waals surface area contributed by atoms with Crippen LogP contribution in [-0.4, -0.2) is 50.8 Å². The lowest BCUT2D eigenvalue weighted by Gasteiger charge is -2.29. The SMILES string of the molecule is Cc1ccc(OCCC(=O)N(C)Cc2ccc(N3CCOCC3)cc2)cc1. The number of hydrogen-bond donors (Lipinski definition) is 0. The normalized spacial score (nSPS) is 14.1. The summed E-state index contributed by atoms with van der Waals surface area (Å²) in [6, 6.07) is 16.3. The molecule has 5 heteroatoms. The minimum Gasteiger partial charge on any atom is -0.493 e. The number of hydrogen-bond acceptors (Lipinski definition) is 4. The smallest absolute Gasteiger partial charge is 0.226 e. The van der Waals surface area contributed by atoms with E-state index < -0.39 is 0 Å². The summed E-state index contributed by atoms with van der Waals surface area (Å²) in [6.45, 7) is 6.45. The standard InChI is InChI=1S/C22H28N2O3/c1-18-3-9-21(10-4-18)27-14-11-22(25)23(2)17-19-5-7-20(8-6-19)24-12-15-26-16-13-24/h3-10H,11-17H2,1-2H3. The average Bonchev–Trinajstić information content (AvgIpc) is 2.70. The Kier molecular flexibility index (Phi) is 6.71. The molecule has 0 aromatic heterocycles. The maximum Gasteiger partial charge on any atom is 0.226 e. The lowest BCUT2D eigenvalue weighted by Crippen LogP contribution is -2.36. The van der Waals surface area contributed by atoms with Crippen LogP contribution in [0.4, 0.5) is 5.69 Å². The van der Waals surface area contributed by atoms with Crippen LogP contribution in [-0.2, 0) is 16.1 Å². The molecule has 1 aliphatic rings. The monoisotopic (exact) mass is 368 g/mol. The predicted molar refractivity (Wildman–Crippen MR) is 107 cm³/mol. The summed E-state index contributed by atoms with van der Waals surface area (Å²) in [7, 11) is 1.84. The summed E-state index contributed by atoms with van der Waals surface area (Å²) in [5.74, 6) is 0.883. The number of morpholine rings is 1. The van der Waals surface area contributed by atoms with Gasteiger partial charge in [-0.25, -0.2) is 0 Å². The van der Waals surface area contributed by atoms with Crippen LogP contribution in [0.25, 0.3) is 0 Å². The molecule has 1 saturated heterocycles. The van der Waals surface area contributed by atoms with Gasteiger partial charge in [-0.2, -0.15) is 0 Å². The predicted octanol–water partition coefficient (Wildman–Crippen LogP) is 3.26. The molecule has 0 N–H and O–H groups in total. The van der Waals surface area contributed by atoms with E-state index in [4.69, 9.17) is 9.47 Å². The number of anilines is 1. The summed E-state index contributed by atoms with van der Waals surface area (Å²) in [4.78, 5) is 16.4. The van der Waals surface area contributed by atoms with Gasteiger partial charge < -0.3 is 19.3 Å². The zero-order valence-electron chi connectivity index (χ0n) is 16.2. The lowest BCUT2D eigenvalue weighted by molar-refractivity contribution is -0.130. The van der Waals surface area contributed by atoms with Crippen molar-refractivity contribution in [3.05, 3.63) is 59.7 Å². The Hall–Kier alpha value is -2.53. The summed E-state index contributed by atoms with van der Waals surface area (Å²) in [6.07, 6.45) is 0.371. The number of aryl methyl sites for hydroxylation is 1. The van der Waals surface area contributed by atoms with Crippen molar-refractivity contribution < 1.29 is 14.3 Å². The van der Waals surface area contributed by atoms with Crippen molar-refractivity contribution in [2.45, 2.75) is 19.9 Å². The first kappa shape index (κ1) is 19.2. The van der Waals surface area contributed by atoms with Gasteiger partial charge in [-0.1, -0.05) is 29.8 Å². The van der Waals surface area contributed by atoms with Crippen LogP contribution >= 0.6 is 0 Å². The van der Waals surface area contributed by atoms with Gasteiger partial charge in [-0.3, -0.25) is 4.79 Å². The quantitative estimate of drug-likeness (QED) is 0.752. The fourth-order valence-corrected chi connectivity index (χ4v) is 3.08. The molecule has 27 heavy (non-hydrogen) atoms. The molecule has 1 heterocycles. The first-order valence-electron chi connectivity index (χ1n) is 9.47. The van der Waals surface area contributed by atoms with Crippen LogP contribution < -0.4 is 9.64 Å². The first-order chi connectivity index (χ1) is 13.1. The van der Waals surface area contributed by atoms with Gasteiger partial charge in [0, 0.05) is 32.4 Å². The maximum atomic E-state index is 12.3. The third-order valence-electron chi connectivity index (χ3n) is 4.76. The van der Waals surface area contributed by atoms with E-state index in [1.165, 1.54) is 11.3 Å². The third-order valence-corrected chi connectivity index (χ3v) is 4.76. The number of ether oxygens (including phenoxy) is 2. The molecule has 0 unspecified atom stereocenters. The number of nitrogens with zero attached hydrogens (tertiary/aromatic N) is 2. The zero-order chi connectivity index (χ0) is 19.1. The highest BCUT2D eigenvalue weighted by Crippen LogP contribution is 2.17. The number of rotatable bonds is 7. The molecule has 0 saturated carbocycles. The molecule has 0 spiro atoms.